The molecule has 0 radical (unpaired) electrons. The number of carbonyl (C=O) groups excluding carboxylic acids is 2. The molecule has 2 aromatic rings. The fourth-order valence-corrected chi connectivity index (χ4v) is 3.16. The first-order valence-electron chi connectivity index (χ1n) is 9.00. The second-order valence-electron chi connectivity index (χ2n) is 6.26. The number of benzene rings is 2. The van der Waals surface area contributed by atoms with Crippen LogP contribution in [0.15, 0.2) is 47.5 Å². The van der Waals surface area contributed by atoms with Gasteiger partial charge in [0.2, 0.25) is 13.6 Å². The maximum absolute atomic E-state index is 12.6. The van der Waals surface area contributed by atoms with Crippen molar-refractivity contribution in [3.8, 4) is 23.0 Å². The van der Waals surface area contributed by atoms with Gasteiger partial charge in [0.25, 0.3) is 0 Å². The van der Waals surface area contributed by atoms with E-state index in [4.69, 9.17) is 28.4 Å². The molecule has 0 fully saturated rings. The predicted octanol–water partition coefficient (Wildman–Crippen LogP) is 2.96. The molecule has 8 heteroatoms. The summed E-state index contributed by atoms with van der Waals surface area (Å²) < 4.78 is 31.6. The van der Waals surface area contributed by atoms with Crippen molar-refractivity contribution in [3.63, 3.8) is 0 Å². The first-order chi connectivity index (χ1) is 14.6. The molecule has 2 aliphatic heterocycles. The van der Waals surface area contributed by atoms with E-state index in [9.17, 15) is 9.59 Å². The molecule has 0 atom stereocenters. The highest BCUT2D eigenvalue weighted by atomic mass is 16.7. The van der Waals surface area contributed by atoms with Gasteiger partial charge in [0, 0.05) is 11.1 Å². The zero-order valence-electron chi connectivity index (χ0n) is 16.3. The minimum atomic E-state index is -0.715. The predicted molar refractivity (Wildman–Crippen MR) is 105 cm³/mol. The SMILES string of the molecule is COC(=O)C(=C\c1cccc2c1OCO2)/C(=C/c1cccc2c1OCO2)C(=O)OC. The Morgan fingerprint density at radius 2 is 1.17 bits per heavy atom. The van der Waals surface area contributed by atoms with Gasteiger partial charge in [-0.3, -0.25) is 0 Å². The van der Waals surface area contributed by atoms with Gasteiger partial charge in [-0.1, -0.05) is 24.3 Å². The molecule has 0 saturated heterocycles. The molecule has 2 heterocycles. The standard InChI is InChI=1S/C22H18O8/c1-25-21(23)15(9-13-5-3-7-17-19(13)29-11-27-17)16(22(24)26-2)10-14-6-4-8-18-20(14)30-12-28-18/h3-10H,11-12H2,1-2H3/b15-9-,16-10-. The number of esters is 2. The fourth-order valence-electron chi connectivity index (χ4n) is 3.16. The summed E-state index contributed by atoms with van der Waals surface area (Å²) in [5, 5.41) is 0. The van der Waals surface area contributed by atoms with Crippen molar-refractivity contribution < 1.29 is 38.0 Å². The Bertz CT molecular complexity index is 981. The molecule has 0 aliphatic carbocycles. The largest absolute Gasteiger partial charge is 0.465 e. The minimum absolute atomic E-state index is 0.00947. The molecule has 0 amide bonds. The maximum atomic E-state index is 12.6. The van der Waals surface area contributed by atoms with Gasteiger partial charge in [-0.2, -0.15) is 0 Å². The summed E-state index contributed by atoms with van der Waals surface area (Å²) >= 11 is 0. The van der Waals surface area contributed by atoms with Crippen molar-refractivity contribution in [2.45, 2.75) is 0 Å². The van der Waals surface area contributed by atoms with Gasteiger partial charge in [0.05, 0.1) is 25.4 Å². The van der Waals surface area contributed by atoms with Crippen molar-refractivity contribution >= 4 is 24.1 Å². The maximum Gasteiger partial charge on any atom is 0.338 e. The first-order valence-corrected chi connectivity index (χ1v) is 9.00. The molecule has 8 nitrogen and oxygen atoms in total. The summed E-state index contributed by atoms with van der Waals surface area (Å²) in [6, 6.07) is 10.5. The Morgan fingerprint density at radius 1 is 0.733 bits per heavy atom. The molecule has 0 N–H and O–H groups in total. The van der Waals surface area contributed by atoms with E-state index < -0.39 is 11.9 Å². The lowest BCUT2D eigenvalue weighted by atomic mass is 9.99. The Balaban J connectivity index is 1.87. The third-order valence-corrected chi connectivity index (χ3v) is 4.55. The van der Waals surface area contributed by atoms with Gasteiger partial charge in [-0.25, -0.2) is 9.59 Å². The highest BCUT2D eigenvalue weighted by Gasteiger charge is 2.26. The topological polar surface area (TPSA) is 89.5 Å². The summed E-state index contributed by atoms with van der Waals surface area (Å²) in [6.45, 7) is 0.141. The Morgan fingerprint density at radius 3 is 1.57 bits per heavy atom. The third-order valence-electron chi connectivity index (χ3n) is 4.55. The van der Waals surface area contributed by atoms with Crippen molar-refractivity contribution in [2.24, 2.45) is 0 Å². The molecule has 0 aromatic heterocycles. The van der Waals surface area contributed by atoms with Gasteiger partial charge in [0.15, 0.2) is 23.0 Å². The smallest absolute Gasteiger partial charge is 0.338 e. The number of fused-ring (bicyclic) bond motifs is 2. The lowest BCUT2D eigenvalue weighted by Gasteiger charge is -2.11. The van der Waals surface area contributed by atoms with E-state index in [-0.39, 0.29) is 24.7 Å². The van der Waals surface area contributed by atoms with Gasteiger partial charge < -0.3 is 28.4 Å². The summed E-state index contributed by atoms with van der Waals surface area (Å²) in [7, 11) is 2.47. The molecule has 2 aromatic carbocycles. The molecule has 0 saturated carbocycles. The highest BCUT2D eigenvalue weighted by Crippen LogP contribution is 2.39. The molecule has 154 valence electrons. The second-order valence-corrected chi connectivity index (χ2v) is 6.26. The number of methoxy groups -OCH3 is 2. The van der Waals surface area contributed by atoms with Crippen molar-refractivity contribution in [2.75, 3.05) is 27.8 Å². The van der Waals surface area contributed by atoms with Crippen LogP contribution in [0, 0.1) is 0 Å². The number of ether oxygens (including phenoxy) is 6. The van der Waals surface area contributed by atoms with Gasteiger partial charge >= 0.3 is 11.9 Å². The Hall–Kier alpha value is -3.94. The molecule has 2 aliphatic rings. The average molecular weight is 410 g/mol. The summed E-state index contributed by atoms with van der Waals surface area (Å²) in [4.78, 5) is 25.3. The lowest BCUT2D eigenvalue weighted by Crippen LogP contribution is -2.15. The lowest BCUT2D eigenvalue weighted by molar-refractivity contribution is -0.139. The average Bonchev–Trinajstić information content (AvgIpc) is 3.45. The normalized spacial score (nSPS) is 14.5. The van der Waals surface area contributed by atoms with E-state index in [1.807, 2.05) is 0 Å². The molecular weight excluding hydrogens is 392 g/mol. The number of hydrogen-bond donors (Lipinski definition) is 0. The number of para-hydroxylation sites is 2. The molecule has 4 rings (SSSR count). The summed E-state index contributed by atoms with van der Waals surface area (Å²) in [6.07, 6.45) is 3.01. The quantitative estimate of drug-likeness (QED) is 0.422. The van der Waals surface area contributed by atoms with Crippen LogP contribution in [-0.4, -0.2) is 39.7 Å². The third kappa shape index (κ3) is 3.55. The summed E-state index contributed by atoms with van der Waals surface area (Å²) in [5.74, 6) is 0.604. The van der Waals surface area contributed by atoms with Crippen LogP contribution >= 0.6 is 0 Å². The van der Waals surface area contributed by atoms with Gasteiger partial charge in [0.1, 0.15) is 0 Å². The fraction of sp³-hybridized carbons (Fsp3) is 0.182. The molecule has 0 bridgehead atoms. The zero-order chi connectivity index (χ0) is 21.1. The molecular formula is C22H18O8. The van der Waals surface area contributed by atoms with E-state index in [2.05, 4.69) is 0 Å². The van der Waals surface area contributed by atoms with Crippen LogP contribution in [-0.2, 0) is 19.1 Å². The van der Waals surface area contributed by atoms with E-state index in [0.29, 0.717) is 34.1 Å². The van der Waals surface area contributed by atoms with Crippen LogP contribution in [0.3, 0.4) is 0 Å². The van der Waals surface area contributed by atoms with E-state index in [1.165, 1.54) is 26.4 Å². The van der Waals surface area contributed by atoms with Crippen molar-refractivity contribution in [1.29, 1.82) is 0 Å². The molecule has 0 unspecified atom stereocenters. The van der Waals surface area contributed by atoms with Gasteiger partial charge in [-0.05, 0) is 24.3 Å². The number of carbonyl (C=O) groups is 2. The van der Waals surface area contributed by atoms with Crippen molar-refractivity contribution in [3.05, 3.63) is 58.7 Å². The van der Waals surface area contributed by atoms with Gasteiger partial charge in [-0.15, -0.1) is 0 Å². The zero-order valence-corrected chi connectivity index (χ0v) is 16.3. The number of hydrogen-bond acceptors (Lipinski definition) is 8. The van der Waals surface area contributed by atoms with Crippen LogP contribution in [0.25, 0.3) is 12.2 Å². The Kier molecular flexibility index (Phi) is 5.30. The molecule has 30 heavy (non-hydrogen) atoms. The summed E-state index contributed by atoms with van der Waals surface area (Å²) in [5.41, 5.74) is 1.09. The minimum Gasteiger partial charge on any atom is -0.465 e. The van der Waals surface area contributed by atoms with Crippen LogP contribution in [0.4, 0.5) is 0 Å². The molecule has 0 spiro atoms. The second kappa shape index (κ2) is 8.20. The van der Waals surface area contributed by atoms with E-state index in [0.717, 1.165) is 0 Å². The van der Waals surface area contributed by atoms with E-state index in [1.54, 1.807) is 36.4 Å². The van der Waals surface area contributed by atoms with E-state index >= 15 is 0 Å². The van der Waals surface area contributed by atoms with Crippen LogP contribution in [0.5, 0.6) is 23.0 Å². The van der Waals surface area contributed by atoms with Crippen LogP contribution < -0.4 is 18.9 Å². The van der Waals surface area contributed by atoms with Crippen LogP contribution in [0.1, 0.15) is 11.1 Å². The monoisotopic (exact) mass is 410 g/mol. The highest BCUT2D eigenvalue weighted by molar-refractivity contribution is 6.13. The van der Waals surface area contributed by atoms with Crippen LogP contribution in [0.2, 0.25) is 0 Å². The van der Waals surface area contributed by atoms with Crippen molar-refractivity contribution in [1.82, 2.24) is 0 Å². The number of rotatable bonds is 5. The first kappa shape index (κ1) is 19.4. The Labute approximate surface area is 172 Å².